The standard InChI is InChI=1S/C9H18OSi/c1-4-9(2,3)11-8-6-5-7-10-11/h4,11H,1,5-8H2,2-3H3. The minimum Gasteiger partial charge on any atom is -0.419 e. The maximum absolute atomic E-state index is 5.80. The van der Waals surface area contributed by atoms with E-state index in [2.05, 4.69) is 26.5 Å². The van der Waals surface area contributed by atoms with Gasteiger partial charge in [-0.2, -0.15) is 0 Å². The van der Waals surface area contributed by atoms with E-state index in [1.54, 1.807) is 0 Å². The van der Waals surface area contributed by atoms with Gasteiger partial charge in [-0.15, -0.1) is 6.58 Å². The largest absolute Gasteiger partial charge is 0.419 e. The van der Waals surface area contributed by atoms with Gasteiger partial charge in [0.2, 0.25) is 0 Å². The summed E-state index contributed by atoms with van der Waals surface area (Å²) in [4.78, 5) is 0. The van der Waals surface area contributed by atoms with Crippen LogP contribution in [0.2, 0.25) is 11.1 Å². The van der Waals surface area contributed by atoms with E-state index in [1.807, 2.05) is 0 Å². The number of hydrogen-bond donors (Lipinski definition) is 0. The van der Waals surface area contributed by atoms with Crippen LogP contribution >= 0.6 is 0 Å². The zero-order valence-corrected chi connectivity index (χ0v) is 8.75. The quantitative estimate of drug-likeness (QED) is 0.457. The molecule has 0 spiro atoms. The van der Waals surface area contributed by atoms with E-state index in [1.165, 1.54) is 18.9 Å². The van der Waals surface area contributed by atoms with Crippen molar-refractivity contribution in [3.05, 3.63) is 12.7 Å². The Kier molecular flexibility index (Phi) is 2.90. The molecule has 1 saturated heterocycles. The molecule has 0 amide bonds. The van der Waals surface area contributed by atoms with Crippen molar-refractivity contribution in [2.75, 3.05) is 6.61 Å². The summed E-state index contributed by atoms with van der Waals surface area (Å²) in [5.41, 5.74) is 0. The summed E-state index contributed by atoms with van der Waals surface area (Å²) >= 11 is 0. The fourth-order valence-corrected chi connectivity index (χ4v) is 4.17. The maximum Gasteiger partial charge on any atom is 0.186 e. The Balaban J connectivity index is 2.50. The Hall–Kier alpha value is -0.0831. The third kappa shape index (κ3) is 2.17. The van der Waals surface area contributed by atoms with Crippen molar-refractivity contribution in [2.24, 2.45) is 0 Å². The van der Waals surface area contributed by atoms with E-state index in [0.29, 0.717) is 5.04 Å². The lowest BCUT2D eigenvalue weighted by molar-refractivity contribution is 0.274. The normalized spacial score (nSPS) is 26.5. The van der Waals surface area contributed by atoms with Crippen molar-refractivity contribution in [1.29, 1.82) is 0 Å². The van der Waals surface area contributed by atoms with Gasteiger partial charge in [0.15, 0.2) is 9.04 Å². The molecule has 1 atom stereocenters. The van der Waals surface area contributed by atoms with Crippen LogP contribution in [-0.2, 0) is 4.43 Å². The third-order valence-corrected chi connectivity index (χ3v) is 6.00. The minimum atomic E-state index is -0.953. The molecule has 0 bridgehead atoms. The van der Waals surface area contributed by atoms with E-state index in [0.717, 1.165) is 6.61 Å². The number of rotatable bonds is 2. The zero-order valence-electron chi connectivity index (χ0n) is 7.60. The van der Waals surface area contributed by atoms with Gasteiger partial charge in [-0.05, 0) is 17.5 Å². The highest BCUT2D eigenvalue weighted by molar-refractivity contribution is 6.56. The molecule has 64 valence electrons. The van der Waals surface area contributed by atoms with Crippen molar-refractivity contribution in [3.8, 4) is 0 Å². The summed E-state index contributed by atoms with van der Waals surface area (Å²) in [5, 5.41) is 0.292. The van der Waals surface area contributed by atoms with Crippen molar-refractivity contribution < 1.29 is 4.43 Å². The molecule has 1 unspecified atom stereocenters. The van der Waals surface area contributed by atoms with E-state index >= 15 is 0 Å². The van der Waals surface area contributed by atoms with Crippen molar-refractivity contribution >= 4 is 9.04 Å². The van der Waals surface area contributed by atoms with Crippen molar-refractivity contribution in [3.63, 3.8) is 0 Å². The second kappa shape index (κ2) is 3.54. The van der Waals surface area contributed by atoms with Crippen LogP contribution in [0.1, 0.15) is 26.7 Å². The summed E-state index contributed by atoms with van der Waals surface area (Å²) in [5.74, 6) is 0. The van der Waals surface area contributed by atoms with Crippen LogP contribution < -0.4 is 0 Å². The Bertz CT molecular complexity index is 136. The van der Waals surface area contributed by atoms with Crippen LogP contribution in [0.3, 0.4) is 0 Å². The molecule has 11 heavy (non-hydrogen) atoms. The van der Waals surface area contributed by atoms with Gasteiger partial charge in [0.05, 0.1) is 0 Å². The first-order chi connectivity index (χ1) is 5.17. The van der Waals surface area contributed by atoms with Gasteiger partial charge in [0.25, 0.3) is 0 Å². The molecule has 0 saturated carbocycles. The molecule has 2 heteroatoms. The highest BCUT2D eigenvalue weighted by Gasteiger charge is 2.30. The van der Waals surface area contributed by atoms with Crippen LogP contribution in [0.5, 0.6) is 0 Å². The molecule has 1 aliphatic heterocycles. The molecule has 0 N–H and O–H groups in total. The van der Waals surface area contributed by atoms with Gasteiger partial charge in [-0.1, -0.05) is 26.3 Å². The Morgan fingerprint density at radius 2 is 2.18 bits per heavy atom. The second-order valence-electron chi connectivity index (χ2n) is 3.88. The lowest BCUT2D eigenvalue weighted by Gasteiger charge is -2.32. The third-order valence-electron chi connectivity index (χ3n) is 2.54. The lowest BCUT2D eigenvalue weighted by atomic mass is 10.2. The Morgan fingerprint density at radius 1 is 1.45 bits per heavy atom. The van der Waals surface area contributed by atoms with E-state index < -0.39 is 9.04 Å². The molecule has 0 aromatic heterocycles. The minimum absolute atomic E-state index is 0.292. The lowest BCUT2D eigenvalue weighted by Crippen LogP contribution is -2.33. The van der Waals surface area contributed by atoms with Gasteiger partial charge in [0.1, 0.15) is 0 Å². The first-order valence-electron chi connectivity index (χ1n) is 4.42. The first-order valence-corrected chi connectivity index (χ1v) is 6.28. The molecule has 1 rings (SSSR count). The van der Waals surface area contributed by atoms with Crippen LogP contribution in [0.25, 0.3) is 0 Å². The van der Waals surface area contributed by atoms with Gasteiger partial charge in [-0.25, -0.2) is 0 Å². The molecule has 0 aliphatic carbocycles. The summed E-state index contributed by atoms with van der Waals surface area (Å²) in [6, 6.07) is 1.33. The smallest absolute Gasteiger partial charge is 0.186 e. The SMILES string of the molecule is C=CC(C)(C)[SiH]1CCCCO1. The van der Waals surface area contributed by atoms with Gasteiger partial charge in [-0.3, -0.25) is 0 Å². The second-order valence-corrected chi connectivity index (χ2v) is 7.26. The molecule has 1 heterocycles. The Morgan fingerprint density at radius 3 is 2.64 bits per heavy atom. The molecule has 1 nitrogen and oxygen atoms in total. The molecule has 1 aliphatic rings. The summed E-state index contributed by atoms with van der Waals surface area (Å²) in [7, 11) is -0.953. The summed E-state index contributed by atoms with van der Waals surface area (Å²) < 4.78 is 5.80. The Labute approximate surface area is 71.2 Å². The van der Waals surface area contributed by atoms with Crippen LogP contribution in [-0.4, -0.2) is 15.6 Å². The molecule has 0 aromatic rings. The molecular weight excluding hydrogens is 152 g/mol. The average molecular weight is 170 g/mol. The fourth-order valence-electron chi connectivity index (χ4n) is 1.46. The highest BCUT2D eigenvalue weighted by Crippen LogP contribution is 2.34. The van der Waals surface area contributed by atoms with Gasteiger partial charge < -0.3 is 4.43 Å². The number of allylic oxidation sites excluding steroid dienone is 1. The summed E-state index contributed by atoms with van der Waals surface area (Å²) in [6.07, 6.45) is 4.69. The fraction of sp³-hybridized carbons (Fsp3) is 0.778. The molecule has 0 radical (unpaired) electrons. The van der Waals surface area contributed by atoms with Crippen LogP contribution in [0.4, 0.5) is 0 Å². The topological polar surface area (TPSA) is 9.23 Å². The van der Waals surface area contributed by atoms with E-state index in [-0.39, 0.29) is 0 Å². The highest BCUT2D eigenvalue weighted by atomic mass is 28.3. The molecular formula is C9H18OSi. The van der Waals surface area contributed by atoms with Gasteiger partial charge in [0, 0.05) is 6.61 Å². The summed E-state index contributed by atoms with van der Waals surface area (Å²) in [6.45, 7) is 9.36. The average Bonchev–Trinajstić information content (AvgIpc) is 2.06. The van der Waals surface area contributed by atoms with Gasteiger partial charge >= 0.3 is 0 Å². The van der Waals surface area contributed by atoms with E-state index in [9.17, 15) is 0 Å². The zero-order chi connectivity index (χ0) is 8.32. The van der Waals surface area contributed by atoms with E-state index in [4.69, 9.17) is 4.43 Å². The van der Waals surface area contributed by atoms with Crippen molar-refractivity contribution in [1.82, 2.24) is 0 Å². The molecule has 1 fully saturated rings. The van der Waals surface area contributed by atoms with Crippen LogP contribution in [0.15, 0.2) is 12.7 Å². The predicted octanol–water partition coefficient (Wildman–Crippen LogP) is 2.49. The van der Waals surface area contributed by atoms with Crippen molar-refractivity contribution in [2.45, 2.75) is 37.8 Å². The first kappa shape index (κ1) is 9.01. The van der Waals surface area contributed by atoms with Crippen LogP contribution in [0, 0.1) is 0 Å². The molecule has 0 aromatic carbocycles. The maximum atomic E-state index is 5.80. The predicted molar refractivity (Wildman–Crippen MR) is 51.4 cm³/mol. The number of hydrogen-bond acceptors (Lipinski definition) is 1. The monoisotopic (exact) mass is 170 g/mol.